The number of nitrogens with zero attached hydrogens (tertiary/aromatic N) is 3. The Morgan fingerprint density at radius 3 is 1.83 bits per heavy atom. The molecule has 0 fully saturated rings. The summed E-state index contributed by atoms with van der Waals surface area (Å²) in [7, 11) is 0. The molecule has 0 aliphatic heterocycles. The highest BCUT2D eigenvalue weighted by molar-refractivity contribution is 6.22. The molecule has 12 aromatic rings. The topological polar surface area (TPSA) is 22.8 Å². The molecule has 3 aromatic heterocycles. The van der Waals surface area contributed by atoms with Gasteiger partial charge in [-0.05, 0) is 99.3 Å². The van der Waals surface area contributed by atoms with Gasteiger partial charge in [-0.3, -0.25) is 4.98 Å². The summed E-state index contributed by atoms with van der Waals surface area (Å²) in [6.45, 7) is 0. The Labute approximate surface area is 334 Å². The van der Waals surface area contributed by atoms with E-state index in [-0.39, 0.29) is 0 Å². The maximum atomic E-state index is 5.16. The molecule has 0 spiro atoms. The summed E-state index contributed by atoms with van der Waals surface area (Å²) in [5.41, 5.74) is 16.6. The number of benzene rings is 9. The lowest BCUT2D eigenvalue weighted by molar-refractivity contribution is 1.18. The van der Waals surface area contributed by atoms with E-state index >= 15 is 0 Å². The van der Waals surface area contributed by atoms with Gasteiger partial charge in [-0.15, -0.1) is 0 Å². The number of fused-ring (bicyclic) bond motifs is 11. The highest BCUT2D eigenvalue weighted by Crippen LogP contribution is 2.50. The van der Waals surface area contributed by atoms with Gasteiger partial charge in [-0.25, -0.2) is 0 Å². The van der Waals surface area contributed by atoms with Crippen molar-refractivity contribution < 1.29 is 0 Å². The second-order valence-electron chi connectivity index (χ2n) is 15.5. The van der Waals surface area contributed by atoms with Crippen LogP contribution in [0.2, 0.25) is 0 Å². The van der Waals surface area contributed by atoms with E-state index in [2.05, 4.69) is 203 Å². The molecule has 0 saturated heterocycles. The Bertz CT molecular complexity index is 3680. The predicted octanol–water partition coefficient (Wildman–Crippen LogP) is 14.6. The minimum atomic E-state index is 1.02. The van der Waals surface area contributed by atoms with Crippen molar-refractivity contribution in [2.75, 3.05) is 0 Å². The molecular weight excluding hydrogens is 703 g/mol. The van der Waals surface area contributed by atoms with Gasteiger partial charge < -0.3 is 9.13 Å². The SMILES string of the molecule is c1ccc(-n2c3ccccc3c3cc(-c4ccc5c(c4)c4c6ccccc6ccc4n5-c4cccc(-c5ncc6cccc7c6c5-c5ccccc5-7)c4)ccc32)cc1. The number of hydrogen-bond donors (Lipinski definition) is 0. The van der Waals surface area contributed by atoms with Crippen molar-refractivity contribution in [2.24, 2.45) is 0 Å². The zero-order valence-corrected chi connectivity index (χ0v) is 31.4. The van der Waals surface area contributed by atoms with Crippen molar-refractivity contribution in [3.8, 4) is 56.0 Å². The second kappa shape index (κ2) is 11.9. The van der Waals surface area contributed by atoms with Gasteiger partial charge in [0.25, 0.3) is 0 Å². The average molecular weight is 736 g/mol. The van der Waals surface area contributed by atoms with Crippen LogP contribution >= 0.6 is 0 Å². The Balaban J connectivity index is 1.02. The molecule has 58 heavy (non-hydrogen) atoms. The fourth-order valence-electron chi connectivity index (χ4n) is 9.96. The second-order valence-corrected chi connectivity index (χ2v) is 15.5. The van der Waals surface area contributed by atoms with Crippen LogP contribution in [0.1, 0.15) is 0 Å². The first-order valence-corrected chi connectivity index (χ1v) is 20.0. The summed E-state index contributed by atoms with van der Waals surface area (Å²) in [5.74, 6) is 0. The van der Waals surface area contributed by atoms with Gasteiger partial charge in [0.15, 0.2) is 0 Å². The van der Waals surface area contributed by atoms with Crippen molar-refractivity contribution in [2.45, 2.75) is 0 Å². The fraction of sp³-hybridized carbons (Fsp3) is 0. The van der Waals surface area contributed by atoms with E-state index in [4.69, 9.17) is 4.98 Å². The predicted molar refractivity (Wildman–Crippen MR) is 243 cm³/mol. The van der Waals surface area contributed by atoms with E-state index < -0.39 is 0 Å². The Kier molecular flexibility index (Phi) is 6.44. The van der Waals surface area contributed by atoms with Crippen LogP contribution in [-0.4, -0.2) is 14.1 Å². The maximum absolute atomic E-state index is 5.16. The van der Waals surface area contributed by atoms with Crippen molar-refractivity contribution in [1.29, 1.82) is 0 Å². The first-order valence-electron chi connectivity index (χ1n) is 20.0. The van der Waals surface area contributed by atoms with Crippen LogP contribution < -0.4 is 0 Å². The molecule has 1 aliphatic carbocycles. The van der Waals surface area contributed by atoms with Crippen molar-refractivity contribution in [3.05, 3.63) is 200 Å². The average Bonchev–Trinajstić information content (AvgIpc) is 3.93. The number of aromatic nitrogens is 3. The molecule has 0 atom stereocenters. The summed E-state index contributed by atoms with van der Waals surface area (Å²) in [6.07, 6.45) is 2.04. The zero-order chi connectivity index (χ0) is 37.9. The highest BCUT2D eigenvalue weighted by atomic mass is 15.0. The van der Waals surface area contributed by atoms with Crippen molar-refractivity contribution >= 4 is 65.2 Å². The Morgan fingerprint density at radius 1 is 0.328 bits per heavy atom. The van der Waals surface area contributed by atoms with Crippen LogP contribution in [0.5, 0.6) is 0 Å². The lowest BCUT2D eigenvalue weighted by Gasteiger charge is -2.13. The summed E-state index contributed by atoms with van der Waals surface area (Å²) in [5, 5.41) is 9.97. The van der Waals surface area contributed by atoms with Crippen LogP contribution in [0.15, 0.2) is 200 Å². The van der Waals surface area contributed by atoms with Crippen LogP contribution in [0.3, 0.4) is 0 Å². The van der Waals surface area contributed by atoms with E-state index in [0.717, 1.165) is 16.9 Å². The standard InChI is InChI=1S/C55H33N3/c1-2-15-39(16-3-1)57-48-23-9-8-20-43(48)46-31-35(25-27-49(46)57)36-26-28-50-47(32-36)53-41-18-5-4-12-34(41)24-29-51(53)58(50)40-17-10-13-37(30-40)55-54-45-21-7-6-19-42(45)44-22-11-14-38(33-56-55)52(44)54/h1-33H. The first kappa shape index (κ1) is 31.5. The molecule has 0 unspecified atom stereocenters. The van der Waals surface area contributed by atoms with Crippen LogP contribution in [-0.2, 0) is 0 Å². The third kappa shape index (κ3) is 4.36. The van der Waals surface area contributed by atoms with E-state index in [1.807, 2.05) is 6.20 Å². The van der Waals surface area contributed by atoms with Gasteiger partial charge >= 0.3 is 0 Å². The molecule has 1 aliphatic rings. The van der Waals surface area contributed by atoms with Gasteiger partial charge in [-0.2, -0.15) is 0 Å². The molecule has 0 radical (unpaired) electrons. The molecule has 3 nitrogen and oxygen atoms in total. The third-order valence-corrected chi connectivity index (χ3v) is 12.5. The monoisotopic (exact) mass is 735 g/mol. The Hall–Kier alpha value is -7.75. The number of rotatable bonds is 4. The van der Waals surface area contributed by atoms with Crippen molar-refractivity contribution in [3.63, 3.8) is 0 Å². The minimum absolute atomic E-state index is 1.02. The van der Waals surface area contributed by atoms with Crippen LogP contribution in [0, 0.1) is 0 Å². The quantitative estimate of drug-likeness (QED) is 0.176. The molecule has 0 amide bonds. The summed E-state index contributed by atoms with van der Waals surface area (Å²) >= 11 is 0. The number of hydrogen-bond acceptors (Lipinski definition) is 1. The summed E-state index contributed by atoms with van der Waals surface area (Å²) in [4.78, 5) is 5.16. The molecule has 13 rings (SSSR count). The molecule has 9 aromatic carbocycles. The van der Waals surface area contributed by atoms with E-state index in [0.29, 0.717) is 0 Å². The number of para-hydroxylation sites is 2. The Morgan fingerprint density at radius 2 is 0.948 bits per heavy atom. The largest absolute Gasteiger partial charge is 0.309 e. The van der Waals surface area contributed by atoms with Crippen LogP contribution in [0.4, 0.5) is 0 Å². The normalized spacial score (nSPS) is 12.1. The molecule has 268 valence electrons. The van der Waals surface area contributed by atoms with E-state index in [1.54, 1.807) is 0 Å². The third-order valence-electron chi connectivity index (χ3n) is 12.5. The molecule has 3 heteroatoms. The lowest BCUT2D eigenvalue weighted by atomic mass is 9.98. The zero-order valence-electron chi connectivity index (χ0n) is 31.4. The molecular formula is C55H33N3. The fourth-order valence-corrected chi connectivity index (χ4v) is 9.96. The molecule has 3 heterocycles. The van der Waals surface area contributed by atoms with E-state index in [9.17, 15) is 0 Å². The van der Waals surface area contributed by atoms with E-state index in [1.165, 1.54) is 104 Å². The first-order chi connectivity index (χ1) is 28.8. The van der Waals surface area contributed by atoms with Crippen molar-refractivity contribution in [1.82, 2.24) is 14.1 Å². The number of pyridine rings is 1. The maximum Gasteiger partial charge on any atom is 0.0787 e. The molecule has 0 N–H and O–H groups in total. The van der Waals surface area contributed by atoms with Gasteiger partial charge in [0.1, 0.15) is 0 Å². The molecule has 0 bridgehead atoms. The van der Waals surface area contributed by atoms with Crippen LogP contribution in [0.25, 0.3) is 121 Å². The molecule has 0 saturated carbocycles. The van der Waals surface area contributed by atoms with Gasteiger partial charge in [0, 0.05) is 61.0 Å². The highest BCUT2D eigenvalue weighted by Gasteiger charge is 2.26. The summed E-state index contributed by atoms with van der Waals surface area (Å²) < 4.78 is 4.82. The minimum Gasteiger partial charge on any atom is -0.309 e. The van der Waals surface area contributed by atoms with Gasteiger partial charge in [-0.1, -0.05) is 133 Å². The lowest BCUT2D eigenvalue weighted by Crippen LogP contribution is -1.96. The summed E-state index contributed by atoms with van der Waals surface area (Å²) in [6, 6.07) is 71.0. The smallest absolute Gasteiger partial charge is 0.0787 e. The van der Waals surface area contributed by atoms with Gasteiger partial charge in [0.05, 0.1) is 27.8 Å². The van der Waals surface area contributed by atoms with Gasteiger partial charge in [0.2, 0.25) is 0 Å².